The Morgan fingerprint density at radius 1 is 0.600 bits per heavy atom. The Morgan fingerprint density at radius 2 is 1.09 bits per heavy atom. The molecule has 2 nitrogen and oxygen atoms in total. The summed E-state index contributed by atoms with van der Waals surface area (Å²) in [7, 11) is 8.39. The van der Waals surface area contributed by atoms with Gasteiger partial charge in [0.05, 0.1) is 0 Å². The van der Waals surface area contributed by atoms with Crippen LogP contribution in [0.5, 0.6) is 0 Å². The molecule has 35 heavy (non-hydrogen) atoms. The molecule has 0 spiro atoms. The number of hydrogen-bond donors (Lipinski definition) is 0. The van der Waals surface area contributed by atoms with Crippen LogP contribution in [0.2, 0.25) is 0 Å². The highest BCUT2D eigenvalue weighted by Gasteiger charge is 2.22. The summed E-state index contributed by atoms with van der Waals surface area (Å²) in [4.78, 5) is 4.32. The third-order valence-corrected chi connectivity index (χ3v) is 7.35. The van der Waals surface area contributed by atoms with Crippen molar-refractivity contribution in [2.45, 2.75) is 46.0 Å². The molecule has 2 aliphatic carbocycles. The smallest absolute Gasteiger partial charge is 0.0361 e. The summed E-state index contributed by atoms with van der Waals surface area (Å²) in [6.45, 7) is 9.09. The highest BCUT2D eigenvalue weighted by molar-refractivity contribution is 5.78. The second-order valence-corrected chi connectivity index (χ2v) is 10.7. The number of anilines is 2. The monoisotopic (exact) mass is 464 g/mol. The molecular formula is C33H40N2. The van der Waals surface area contributed by atoms with Crippen molar-refractivity contribution in [3.63, 3.8) is 0 Å². The maximum absolute atomic E-state index is 2.43. The highest BCUT2D eigenvalue weighted by Crippen LogP contribution is 2.40. The fourth-order valence-corrected chi connectivity index (χ4v) is 5.13. The van der Waals surface area contributed by atoms with E-state index < -0.39 is 0 Å². The second kappa shape index (κ2) is 10.2. The first-order valence-electron chi connectivity index (χ1n) is 12.7. The van der Waals surface area contributed by atoms with Gasteiger partial charge >= 0.3 is 0 Å². The van der Waals surface area contributed by atoms with Crippen LogP contribution in [0.4, 0.5) is 11.4 Å². The topological polar surface area (TPSA) is 6.48 Å². The van der Waals surface area contributed by atoms with E-state index in [1.165, 1.54) is 55.9 Å². The lowest BCUT2D eigenvalue weighted by atomic mass is 9.84. The van der Waals surface area contributed by atoms with Crippen molar-refractivity contribution in [1.82, 2.24) is 0 Å². The largest absolute Gasteiger partial charge is 0.378 e. The summed E-state index contributed by atoms with van der Waals surface area (Å²) in [5.41, 5.74) is 13.6. The van der Waals surface area contributed by atoms with Gasteiger partial charge in [-0.2, -0.15) is 0 Å². The van der Waals surface area contributed by atoms with Crippen LogP contribution < -0.4 is 9.80 Å². The van der Waals surface area contributed by atoms with Crippen molar-refractivity contribution in [3.8, 4) is 11.1 Å². The van der Waals surface area contributed by atoms with Gasteiger partial charge in [-0.05, 0) is 95.0 Å². The van der Waals surface area contributed by atoms with Gasteiger partial charge in [-0.1, -0.05) is 62.4 Å². The van der Waals surface area contributed by atoms with E-state index in [1.54, 1.807) is 0 Å². The number of fused-ring (bicyclic) bond motifs is 1. The number of hydrogen-bond acceptors (Lipinski definition) is 2. The summed E-state index contributed by atoms with van der Waals surface area (Å²) in [5, 5.41) is 0. The number of aryl methyl sites for hydroxylation is 2. The Labute approximate surface area is 212 Å². The zero-order valence-electron chi connectivity index (χ0n) is 22.7. The quantitative estimate of drug-likeness (QED) is 0.273. The van der Waals surface area contributed by atoms with Crippen LogP contribution in [0, 0.1) is 13.8 Å². The van der Waals surface area contributed by atoms with E-state index in [1.807, 2.05) is 0 Å². The molecule has 2 aliphatic rings. The Kier molecular flexibility index (Phi) is 7.21. The molecule has 0 unspecified atom stereocenters. The fraction of sp³-hybridized carbons (Fsp3) is 0.333. The molecular weight excluding hydrogens is 424 g/mol. The lowest BCUT2D eigenvalue weighted by molar-refractivity contribution is 0.807. The molecule has 0 heterocycles. The molecule has 0 bridgehead atoms. The molecule has 182 valence electrons. The van der Waals surface area contributed by atoms with E-state index in [4.69, 9.17) is 0 Å². The van der Waals surface area contributed by atoms with Crippen LogP contribution in [0.25, 0.3) is 11.1 Å². The average molecular weight is 465 g/mol. The van der Waals surface area contributed by atoms with Gasteiger partial charge in [-0.3, -0.25) is 0 Å². The number of rotatable bonds is 7. The van der Waals surface area contributed by atoms with Gasteiger partial charge in [0.15, 0.2) is 0 Å². The van der Waals surface area contributed by atoms with Gasteiger partial charge < -0.3 is 9.80 Å². The molecule has 2 aromatic carbocycles. The van der Waals surface area contributed by atoms with Crippen LogP contribution in [0.3, 0.4) is 0 Å². The minimum absolute atomic E-state index is 0.293. The Balaban J connectivity index is 1.80. The van der Waals surface area contributed by atoms with Crippen LogP contribution in [-0.4, -0.2) is 28.2 Å². The SMILES string of the molecule is Cc1cc(CC(c2ccc(N(C)C)cc2)c2ccc(N(C)C)cc2)c2c(C)ccc(C(C)C)cc1-2. The third kappa shape index (κ3) is 5.22. The molecule has 0 fully saturated rings. The third-order valence-electron chi connectivity index (χ3n) is 7.35. The van der Waals surface area contributed by atoms with Crippen molar-refractivity contribution >= 4 is 11.4 Å². The Morgan fingerprint density at radius 3 is 1.54 bits per heavy atom. The zero-order valence-corrected chi connectivity index (χ0v) is 22.7. The van der Waals surface area contributed by atoms with Crippen molar-refractivity contribution < 1.29 is 0 Å². The van der Waals surface area contributed by atoms with Crippen molar-refractivity contribution in [3.05, 3.63) is 106 Å². The predicted octanol–water partition coefficient (Wildman–Crippen LogP) is 8.04. The first-order valence-corrected chi connectivity index (χ1v) is 12.7. The zero-order chi connectivity index (χ0) is 25.3. The highest BCUT2D eigenvalue weighted by atomic mass is 15.1. The minimum atomic E-state index is 0.293. The van der Waals surface area contributed by atoms with Gasteiger partial charge in [0, 0.05) is 45.5 Å². The molecule has 0 aromatic heterocycles. The molecule has 2 heteroatoms. The van der Waals surface area contributed by atoms with Gasteiger partial charge in [0.2, 0.25) is 0 Å². The van der Waals surface area contributed by atoms with Crippen molar-refractivity contribution in [2.24, 2.45) is 0 Å². The molecule has 0 N–H and O–H groups in total. The Hall–Kier alpha value is -3.26. The first kappa shape index (κ1) is 24.9. The lowest BCUT2D eigenvalue weighted by Crippen LogP contribution is -2.11. The lowest BCUT2D eigenvalue weighted by Gasteiger charge is -2.22. The normalized spacial score (nSPS) is 11.5. The van der Waals surface area contributed by atoms with Gasteiger partial charge in [0.1, 0.15) is 0 Å². The summed E-state index contributed by atoms with van der Waals surface area (Å²) < 4.78 is 0. The molecule has 0 saturated carbocycles. The van der Waals surface area contributed by atoms with Crippen LogP contribution in [-0.2, 0) is 6.42 Å². The Bertz CT molecular complexity index is 1200. The number of benzene rings is 2. The fourth-order valence-electron chi connectivity index (χ4n) is 5.13. The van der Waals surface area contributed by atoms with Gasteiger partial charge in [0.25, 0.3) is 0 Å². The summed E-state index contributed by atoms with van der Waals surface area (Å²) in [6, 6.07) is 27.7. The van der Waals surface area contributed by atoms with Crippen LogP contribution in [0.1, 0.15) is 59.1 Å². The second-order valence-electron chi connectivity index (χ2n) is 10.7. The van der Waals surface area contributed by atoms with Gasteiger partial charge in [-0.15, -0.1) is 0 Å². The van der Waals surface area contributed by atoms with E-state index in [0.717, 1.165) is 6.42 Å². The summed E-state index contributed by atoms with van der Waals surface area (Å²) >= 11 is 0. The molecule has 0 aliphatic heterocycles. The molecule has 2 aromatic rings. The van der Waals surface area contributed by atoms with Crippen molar-refractivity contribution in [2.75, 3.05) is 38.0 Å². The average Bonchev–Trinajstić information content (AvgIpc) is 3.02. The molecule has 0 amide bonds. The van der Waals surface area contributed by atoms with Crippen LogP contribution in [0.15, 0.2) is 72.8 Å². The maximum Gasteiger partial charge on any atom is 0.0361 e. The standard InChI is InChI=1S/C33H40N2/c1-22(2)27-10-9-23(3)33-28(19-24(4)31(33)20-27)21-32(25-11-15-29(16-12-25)34(5)6)26-13-17-30(18-14-26)35(7)8/h9-20,22,32H,21H2,1-8H3. The molecule has 4 rings (SSSR count). The number of nitrogens with zero attached hydrogens (tertiary/aromatic N) is 2. The van der Waals surface area contributed by atoms with E-state index in [9.17, 15) is 0 Å². The van der Waals surface area contributed by atoms with E-state index in [2.05, 4.69) is 138 Å². The van der Waals surface area contributed by atoms with E-state index in [-0.39, 0.29) is 0 Å². The van der Waals surface area contributed by atoms with E-state index >= 15 is 0 Å². The minimum Gasteiger partial charge on any atom is -0.378 e. The summed E-state index contributed by atoms with van der Waals surface area (Å²) in [6.07, 6.45) is 0.981. The maximum atomic E-state index is 2.43. The summed E-state index contributed by atoms with van der Waals surface area (Å²) in [5.74, 6) is 0.808. The molecule has 0 atom stereocenters. The predicted molar refractivity (Wildman–Crippen MR) is 154 cm³/mol. The van der Waals surface area contributed by atoms with Crippen molar-refractivity contribution in [1.29, 1.82) is 0 Å². The van der Waals surface area contributed by atoms with Crippen LogP contribution >= 0.6 is 0 Å². The van der Waals surface area contributed by atoms with Gasteiger partial charge in [-0.25, -0.2) is 0 Å². The van der Waals surface area contributed by atoms with E-state index in [0.29, 0.717) is 11.8 Å². The molecule has 0 radical (unpaired) electrons. The molecule has 0 saturated heterocycles. The first-order chi connectivity index (χ1) is 16.7.